The molecular formula is C18H16N2O5. The molecule has 0 aliphatic carbocycles. The van der Waals surface area contributed by atoms with Gasteiger partial charge in [-0.15, -0.1) is 0 Å². The Bertz CT molecular complexity index is 996. The fourth-order valence-corrected chi connectivity index (χ4v) is 2.65. The number of nitrogens with zero attached hydrogens (tertiary/aromatic N) is 1. The molecule has 0 saturated carbocycles. The maximum atomic E-state index is 11.7. The summed E-state index contributed by atoms with van der Waals surface area (Å²) in [6, 6.07) is 12.3. The summed E-state index contributed by atoms with van der Waals surface area (Å²) < 4.78 is 5.10. The molecule has 1 unspecified atom stereocenters. The van der Waals surface area contributed by atoms with Crippen LogP contribution in [0.25, 0.3) is 11.0 Å². The molecule has 0 spiro atoms. The molecule has 7 heteroatoms. The number of rotatable bonds is 5. The molecule has 1 heterocycles. The normalized spacial score (nSPS) is 12.2. The zero-order valence-corrected chi connectivity index (χ0v) is 13.4. The van der Waals surface area contributed by atoms with Crippen molar-refractivity contribution >= 4 is 16.7 Å². The van der Waals surface area contributed by atoms with E-state index < -0.39 is 10.5 Å². The average Bonchev–Trinajstić information content (AvgIpc) is 2.58. The minimum Gasteiger partial charge on any atom is -0.508 e. The lowest BCUT2D eigenvalue weighted by atomic mass is 10.1. The lowest BCUT2D eigenvalue weighted by molar-refractivity contribution is -0.384. The molecule has 2 aromatic carbocycles. The van der Waals surface area contributed by atoms with Crippen LogP contribution < -0.4 is 10.9 Å². The fourth-order valence-electron chi connectivity index (χ4n) is 2.65. The quantitative estimate of drug-likeness (QED) is 0.419. The van der Waals surface area contributed by atoms with Gasteiger partial charge in [0.25, 0.3) is 5.69 Å². The number of aromatic hydroxyl groups is 1. The highest BCUT2D eigenvalue weighted by molar-refractivity contribution is 5.81. The van der Waals surface area contributed by atoms with Crippen molar-refractivity contribution in [2.45, 2.75) is 19.5 Å². The van der Waals surface area contributed by atoms with Gasteiger partial charge in [0.15, 0.2) is 0 Å². The summed E-state index contributed by atoms with van der Waals surface area (Å²) in [4.78, 5) is 22.2. The van der Waals surface area contributed by atoms with Gasteiger partial charge in [-0.05, 0) is 30.2 Å². The van der Waals surface area contributed by atoms with Gasteiger partial charge in [-0.1, -0.05) is 12.1 Å². The van der Waals surface area contributed by atoms with E-state index in [0.29, 0.717) is 12.1 Å². The number of benzene rings is 2. The molecule has 0 saturated heterocycles. The minimum absolute atomic E-state index is 0.0192. The van der Waals surface area contributed by atoms with Crippen LogP contribution in [0.4, 0.5) is 5.69 Å². The summed E-state index contributed by atoms with van der Waals surface area (Å²) >= 11 is 0. The Hall–Kier alpha value is -3.19. The van der Waals surface area contributed by atoms with Gasteiger partial charge in [0.05, 0.1) is 4.92 Å². The van der Waals surface area contributed by atoms with Crippen LogP contribution in [0.3, 0.4) is 0 Å². The van der Waals surface area contributed by atoms with Gasteiger partial charge < -0.3 is 14.8 Å². The summed E-state index contributed by atoms with van der Waals surface area (Å²) in [5, 5.41) is 24.4. The third kappa shape index (κ3) is 3.67. The molecule has 128 valence electrons. The minimum atomic E-state index is -0.502. The number of nitro groups is 1. The summed E-state index contributed by atoms with van der Waals surface area (Å²) in [5.41, 5.74) is 1.35. The third-order valence-electron chi connectivity index (χ3n) is 3.99. The van der Waals surface area contributed by atoms with E-state index in [1.54, 1.807) is 18.2 Å². The summed E-state index contributed by atoms with van der Waals surface area (Å²) in [5.74, 6) is 0.0192. The number of phenolic OH excluding ortho intramolecular Hbond substituents is 1. The molecule has 3 rings (SSSR count). The molecule has 0 aliphatic rings. The summed E-state index contributed by atoms with van der Waals surface area (Å²) in [6.07, 6.45) is 0. The van der Waals surface area contributed by atoms with E-state index in [9.17, 15) is 20.0 Å². The number of hydrogen-bond donors (Lipinski definition) is 2. The average molecular weight is 340 g/mol. The number of fused-ring (bicyclic) bond motifs is 1. The topological polar surface area (TPSA) is 106 Å². The molecule has 2 N–H and O–H groups in total. The van der Waals surface area contributed by atoms with Crippen LogP contribution in [0.2, 0.25) is 0 Å². The van der Waals surface area contributed by atoms with Crippen molar-refractivity contribution < 1.29 is 14.4 Å². The molecule has 0 aliphatic heterocycles. The smallest absolute Gasteiger partial charge is 0.336 e. The van der Waals surface area contributed by atoms with E-state index in [1.165, 1.54) is 30.3 Å². The van der Waals surface area contributed by atoms with E-state index in [-0.39, 0.29) is 17.5 Å². The number of non-ortho nitro benzene ring substituents is 1. The Balaban J connectivity index is 1.84. The summed E-state index contributed by atoms with van der Waals surface area (Å²) in [7, 11) is 0. The first kappa shape index (κ1) is 16.7. The molecule has 0 radical (unpaired) electrons. The predicted molar refractivity (Wildman–Crippen MR) is 92.5 cm³/mol. The number of nitrogens with one attached hydrogen (secondary N) is 1. The van der Waals surface area contributed by atoms with Crippen LogP contribution in [-0.4, -0.2) is 10.0 Å². The zero-order chi connectivity index (χ0) is 18.0. The van der Waals surface area contributed by atoms with E-state index >= 15 is 0 Å². The molecule has 7 nitrogen and oxygen atoms in total. The van der Waals surface area contributed by atoms with Crippen molar-refractivity contribution in [3.05, 3.63) is 80.2 Å². The second-order valence-corrected chi connectivity index (χ2v) is 5.73. The molecule has 1 atom stereocenters. The Morgan fingerprint density at radius 1 is 1.24 bits per heavy atom. The van der Waals surface area contributed by atoms with Crippen molar-refractivity contribution in [1.29, 1.82) is 0 Å². The first-order chi connectivity index (χ1) is 11.9. The first-order valence-electron chi connectivity index (χ1n) is 7.67. The number of hydrogen-bond acceptors (Lipinski definition) is 6. The highest BCUT2D eigenvalue weighted by atomic mass is 16.6. The number of nitro benzene ring substituents is 1. The van der Waals surface area contributed by atoms with Gasteiger partial charge in [0.1, 0.15) is 11.3 Å². The van der Waals surface area contributed by atoms with Crippen molar-refractivity contribution in [2.24, 2.45) is 0 Å². The van der Waals surface area contributed by atoms with Crippen LogP contribution in [0, 0.1) is 10.1 Å². The lowest BCUT2D eigenvalue weighted by Crippen LogP contribution is -2.19. The molecule has 1 aromatic heterocycles. The van der Waals surface area contributed by atoms with Crippen LogP contribution in [0.5, 0.6) is 5.75 Å². The first-order valence-corrected chi connectivity index (χ1v) is 7.67. The van der Waals surface area contributed by atoms with Gasteiger partial charge in [-0.2, -0.15) is 0 Å². The highest BCUT2D eigenvalue weighted by Gasteiger charge is 2.12. The SMILES string of the molecule is CC(NCc1cc(=O)oc2cc(O)ccc12)c1cccc([N+](=O)[O-])c1. The largest absolute Gasteiger partial charge is 0.508 e. The molecule has 25 heavy (non-hydrogen) atoms. The highest BCUT2D eigenvalue weighted by Crippen LogP contribution is 2.23. The molecular weight excluding hydrogens is 324 g/mol. The summed E-state index contributed by atoms with van der Waals surface area (Å²) in [6.45, 7) is 2.26. The van der Waals surface area contributed by atoms with E-state index in [4.69, 9.17) is 4.42 Å². The van der Waals surface area contributed by atoms with Gasteiger partial charge >= 0.3 is 5.63 Å². The monoisotopic (exact) mass is 340 g/mol. The fraction of sp³-hybridized carbons (Fsp3) is 0.167. The van der Waals surface area contributed by atoms with Gasteiger partial charge in [0, 0.05) is 42.2 Å². The van der Waals surface area contributed by atoms with Crippen molar-refractivity contribution in [3.63, 3.8) is 0 Å². The molecule has 0 amide bonds. The Morgan fingerprint density at radius 2 is 2.04 bits per heavy atom. The van der Waals surface area contributed by atoms with E-state index in [2.05, 4.69) is 5.32 Å². The molecule has 3 aromatic rings. The molecule has 0 fully saturated rings. The third-order valence-corrected chi connectivity index (χ3v) is 3.99. The van der Waals surface area contributed by atoms with Crippen molar-refractivity contribution in [3.8, 4) is 5.75 Å². The van der Waals surface area contributed by atoms with Gasteiger partial charge in [-0.25, -0.2) is 4.79 Å². The Kier molecular flexibility index (Phi) is 4.49. The van der Waals surface area contributed by atoms with Gasteiger partial charge in [0.2, 0.25) is 0 Å². The van der Waals surface area contributed by atoms with E-state index in [0.717, 1.165) is 16.5 Å². The van der Waals surface area contributed by atoms with Crippen molar-refractivity contribution in [1.82, 2.24) is 5.32 Å². The van der Waals surface area contributed by atoms with Crippen LogP contribution in [0.1, 0.15) is 24.1 Å². The standard InChI is InChI=1S/C18H16N2O5/c1-11(12-3-2-4-14(7-12)20(23)24)19-10-13-8-18(22)25-17-9-15(21)5-6-16(13)17/h2-9,11,19,21H,10H2,1H3. The number of phenols is 1. The maximum absolute atomic E-state index is 11.7. The van der Waals surface area contributed by atoms with Crippen LogP contribution in [0.15, 0.2) is 57.7 Å². The lowest BCUT2D eigenvalue weighted by Gasteiger charge is -2.15. The van der Waals surface area contributed by atoms with Crippen LogP contribution >= 0.6 is 0 Å². The second-order valence-electron chi connectivity index (χ2n) is 5.73. The predicted octanol–water partition coefficient (Wildman–Crippen LogP) is 3.26. The maximum Gasteiger partial charge on any atom is 0.336 e. The van der Waals surface area contributed by atoms with Crippen molar-refractivity contribution in [2.75, 3.05) is 0 Å². The zero-order valence-electron chi connectivity index (χ0n) is 13.4. The van der Waals surface area contributed by atoms with Crippen LogP contribution in [-0.2, 0) is 6.54 Å². The second kappa shape index (κ2) is 6.74. The van der Waals surface area contributed by atoms with Gasteiger partial charge in [-0.3, -0.25) is 10.1 Å². The van der Waals surface area contributed by atoms with E-state index in [1.807, 2.05) is 6.92 Å². The Morgan fingerprint density at radius 3 is 2.80 bits per heavy atom. The Labute approximate surface area is 142 Å². The molecule has 0 bridgehead atoms.